The maximum atomic E-state index is 11.0. The normalized spacial score (nSPS) is 10.7. The Hall–Kier alpha value is -2.53. The van der Waals surface area contributed by atoms with Crippen LogP contribution in [0.15, 0.2) is 30.3 Å². The lowest BCUT2D eigenvalue weighted by Gasteiger charge is -2.12. The van der Waals surface area contributed by atoms with Gasteiger partial charge in [-0.25, -0.2) is 0 Å². The molecule has 0 bridgehead atoms. The van der Waals surface area contributed by atoms with Crippen LogP contribution in [0, 0.1) is 13.8 Å². The molecule has 150 valence electrons. The third-order valence-electron chi connectivity index (χ3n) is 4.49. The molecule has 2 N–H and O–H groups in total. The highest BCUT2D eigenvalue weighted by Gasteiger charge is 2.11. The molecule has 28 heavy (non-hydrogen) atoms. The predicted molar refractivity (Wildman–Crippen MR) is 108 cm³/mol. The lowest BCUT2D eigenvalue weighted by Crippen LogP contribution is -2.06. The maximum absolute atomic E-state index is 11.0. The van der Waals surface area contributed by atoms with E-state index in [0.29, 0.717) is 28.5 Å². The van der Waals surface area contributed by atoms with Crippen LogP contribution in [0.1, 0.15) is 40.7 Å². The van der Waals surface area contributed by atoms with Crippen LogP contribution in [0.25, 0.3) is 0 Å². The number of ether oxygens (including phenoxy) is 1. The van der Waals surface area contributed by atoms with E-state index in [1.807, 2.05) is 38.1 Å². The zero-order chi connectivity index (χ0) is 20.7. The number of halogens is 1. The lowest BCUT2D eigenvalue weighted by atomic mass is 9.99. The zero-order valence-electron chi connectivity index (χ0n) is 16.1. The van der Waals surface area contributed by atoms with E-state index in [1.165, 1.54) is 0 Å². The Kier molecular flexibility index (Phi) is 7.88. The van der Waals surface area contributed by atoms with Gasteiger partial charge in [0.2, 0.25) is 0 Å². The first-order valence-corrected chi connectivity index (χ1v) is 9.58. The molecule has 0 atom stereocenters. The maximum Gasteiger partial charge on any atom is 0.307 e. The van der Waals surface area contributed by atoms with Gasteiger partial charge in [-0.15, -0.1) is 0 Å². The average Bonchev–Trinajstić information content (AvgIpc) is 2.59. The molecule has 0 radical (unpaired) electrons. The van der Waals surface area contributed by atoms with E-state index in [4.69, 9.17) is 26.6 Å². The van der Waals surface area contributed by atoms with Gasteiger partial charge in [0.25, 0.3) is 0 Å². The van der Waals surface area contributed by atoms with E-state index >= 15 is 0 Å². The summed E-state index contributed by atoms with van der Waals surface area (Å²) in [5, 5.41) is 18.5. The fourth-order valence-corrected chi connectivity index (χ4v) is 3.44. The van der Waals surface area contributed by atoms with Gasteiger partial charge in [-0.1, -0.05) is 29.8 Å². The second kappa shape index (κ2) is 10.1. The number of aliphatic carboxylic acids is 2. The predicted octanol–water partition coefficient (Wildman–Crippen LogP) is 4.61. The van der Waals surface area contributed by atoms with Crippen LogP contribution in [0.3, 0.4) is 0 Å². The lowest BCUT2D eigenvalue weighted by molar-refractivity contribution is -0.137. The SMILES string of the molecule is Cc1ccc(CC(=O)O)c(OCCCCc2cc(C)c(CC(=O)O)c(Cl)c2)c1. The van der Waals surface area contributed by atoms with Crippen LogP contribution in [0.4, 0.5) is 0 Å². The monoisotopic (exact) mass is 404 g/mol. The number of aryl methyl sites for hydroxylation is 3. The number of hydrogen-bond acceptors (Lipinski definition) is 3. The zero-order valence-corrected chi connectivity index (χ0v) is 16.9. The summed E-state index contributed by atoms with van der Waals surface area (Å²) in [6.45, 7) is 4.32. The minimum absolute atomic E-state index is 0.0594. The van der Waals surface area contributed by atoms with Crippen molar-refractivity contribution in [1.82, 2.24) is 0 Å². The highest BCUT2D eigenvalue weighted by molar-refractivity contribution is 6.31. The first-order valence-electron chi connectivity index (χ1n) is 9.20. The molecule has 0 unspecified atom stereocenters. The molecule has 0 saturated heterocycles. The number of carboxylic acids is 2. The van der Waals surface area contributed by atoms with Gasteiger partial charge < -0.3 is 14.9 Å². The van der Waals surface area contributed by atoms with Crippen molar-refractivity contribution in [3.63, 3.8) is 0 Å². The van der Waals surface area contributed by atoms with Crippen molar-refractivity contribution in [2.75, 3.05) is 6.61 Å². The van der Waals surface area contributed by atoms with Gasteiger partial charge in [0.15, 0.2) is 0 Å². The van der Waals surface area contributed by atoms with Crippen molar-refractivity contribution >= 4 is 23.5 Å². The third-order valence-corrected chi connectivity index (χ3v) is 4.83. The van der Waals surface area contributed by atoms with Crippen molar-refractivity contribution in [2.24, 2.45) is 0 Å². The smallest absolute Gasteiger partial charge is 0.307 e. The largest absolute Gasteiger partial charge is 0.493 e. The van der Waals surface area contributed by atoms with Crippen molar-refractivity contribution in [1.29, 1.82) is 0 Å². The van der Waals surface area contributed by atoms with E-state index in [2.05, 4.69) is 0 Å². The highest BCUT2D eigenvalue weighted by Crippen LogP contribution is 2.24. The van der Waals surface area contributed by atoms with Gasteiger partial charge in [0.1, 0.15) is 5.75 Å². The van der Waals surface area contributed by atoms with E-state index < -0.39 is 11.9 Å². The van der Waals surface area contributed by atoms with Crippen LogP contribution in [-0.4, -0.2) is 28.8 Å². The molecule has 0 aliphatic carbocycles. The second-order valence-electron chi connectivity index (χ2n) is 6.93. The number of hydrogen-bond donors (Lipinski definition) is 2. The quantitative estimate of drug-likeness (QED) is 0.565. The van der Waals surface area contributed by atoms with Gasteiger partial charge >= 0.3 is 11.9 Å². The molecule has 5 nitrogen and oxygen atoms in total. The molecular weight excluding hydrogens is 380 g/mol. The van der Waals surface area contributed by atoms with E-state index in [-0.39, 0.29) is 12.8 Å². The van der Waals surface area contributed by atoms with Crippen LogP contribution in [0.2, 0.25) is 5.02 Å². The Bertz CT molecular complexity index is 837. The minimum atomic E-state index is -0.895. The van der Waals surface area contributed by atoms with Crippen LogP contribution < -0.4 is 4.74 Å². The Morgan fingerprint density at radius 2 is 1.71 bits per heavy atom. The molecule has 2 aromatic rings. The Labute approximate surface area is 169 Å². The van der Waals surface area contributed by atoms with Gasteiger partial charge in [0.05, 0.1) is 19.4 Å². The summed E-state index contributed by atoms with van der Waals surface area (Å²) < 4.78 is 5.81. The molecule has 2 aromatic carbocycles. The molecule has 0 aromatic heterocycles. The summed E-state index contributed by atoms with van der Waals surface area (Å²) in [5.74, 6) is -1.15. The molecule has 0 heterocycles. The standard InChI is InChI=1S/C22H25ClO5/c1-14-6-7-17(12-21(24)25)20(9-14)28-8-4-3-5-16-10-15(2)18(13-22(26)27)19(23)11-16/h6-7,9-11H,3-5,8,12-13H2,1-2H3,(H,24,25)(H,26,27). The minimum Gasteiger partial charge on any atom is -0.493 e. The van der Waals surface area contributed by atoms with Crippen LogP contribution in [-0.2, 0) is 28.9 Å². The summed E-state index contributed by atoms with van der Waals surface area (Å²) in [4.78, 5) is 21.9. The van der Waals surface area contributed by atoms with E-state index in [1.54, 1.807) is 6.07 Å². The summed E-state index contributed by atoms with van der Waals surface area (Å²) in [5.41, 5.74) is 4.31. The second-order valence-corrected chi connectivity index (χ2v) is 7.34. The molecule has 2 rings (SSSR count). The molecule has 0 saturated carbocycles. The number of unbranched alkanes of at least 4 members (excludes halogenated alkanes) is 1. The third kappa shape index (κ3) is 6.57. The molecule has 0 aliphatic rings. The molecule has 0 aliphatic heterocycles. The van der Waals surface area contributed by atoms with Gasteiger partial charge in [-0.2, -0.15) is 0 Å². The number of benzene rings is 2. The van der Waals surface area contributed by atoms with Gasteiger partial charge in [0, 0.05) is 10.6 Å². The Morgan fingerprint density at radius 1 is 1.00 bits per heavy atom. The number of carbonyl (C=O) groups is 2. The van der Waals surface area contributed by atoms with Crippen LogP contribution in [0.5, 0.6) is 5.75 Å². The van der Waals surface area contributed by atoms with Gasteiger partial charge in [-0.05, 0) is 67.5 Å². The average molecular weight is 405 g/mol. The first-order chi connectivity index (χ1) is 13.3. The highest BCUT2D eigenvalue weighted by atomic mass is 35.5. The molecule has 0 fully saturated rings. The molecular formula is C22H25ClO5. The van der Waals surface area contributed by atoms with Crippen molar-refractivity contribution in [3.8, 4) is 5.75 Å². The number of rotatable bonds is 10. The molecule has 0 amide bonds. The topological polar surface area (TPSA) is 83.8 Å². The van der Waals surface area contributed by atoms with Crippen molar-refractivity contribution in [3.05, 3.63) is 63.2 Å². The summed E-state index contributed by atoms with van der Waals surface area (Å²) in [6, 6.07) is 9.35. The van der Waals surface area contributed by atoms with Crippen LogP contribution >= 0.6 is 11.6 Å². The van der Waals surface area contributed by atoms with Gasteiger partial charge in [-0.3, -0.25) is 9.59 Å². The molecule has 6 heteroatoms. The van der Waals surface area contributed by atoms with E-state index in [9.17, 15) is 9.59 Å². The molecule has 0 spiro atoms. The fraction of sp³-hybridized carbons (Fsp3) is 0.364. The summed E-state index contributed by atoms with van der Waals surface area (Å²) in [6.07, 6.45) is 2.37. The number of carboxylic acid groups (broad SMARTS) is 2. The summed E-state index contributed by atoms with van der Waals surface area (Å²) >= 11 is 6.24. The Balaban J connectivity index is 1.88. The first kappa shape index (κ1) is 21.8. The summed E-state index contributed by atoms with van der Waals surface area (Å²) in [7, 11) is 0. The fourth-order valence-electron chi connectivity index (χ4n) is 3.08. The van der Waals surface area contributed by atoms with Crippen molar-refractivity contribution in [2.45, 2.75) is 46.0 Å². The van der Waals surface area contributed by atoms with E-state index in [0.717, 1.165) is 36.0 Å². The Morgan fingerprint density at radius 3 is 2.36 bits per heavy atom. The van der Waals surface area contributed by atoms with Crippen molar-refractivity contribution < 1.29 is 24.5 Å².